The van der Waals surface area contributed by atoms with Crippen LogP contribution in [0.1, 0.15) is 5.56 Å². The molecule has 0 bridgehead atoms. The second-order valence-electron chi connectivity index (χ2n) is 5.28. The summed E-state index contributed by atoms with van der Waals surface area (Å²) < 4.78 is 26.2. The van der Waals surface area contributed by atoms with Crippen molar-refractivity contribution in [1.82, 2.24) is 4.72 Å². The SMILES string of the molecule is CNS(=O)(=O)c1cc(NC(=O)CSc2ccc([N+](=O)[O-])cc2)ccc1C. The van der Waals surface area contributed by atoms with Gasteiger partial charge in [-0.1, -0.05) is 6.07 Å². The number of nitrogens with zero attached hydrogens (tertiary/aromatic N) is 1. The summed E-state index contributed by atoms with van der Waals surface area (Å²) in [5.41, 5.74) is 0.924. The first-order valence-corrected chi connectivity index (χ1v) is 9.91. The van der Waals surface area contributed by atoms with Crippen LogP contribution in [0.4, 0.5) is 11.4 Å². The maximum atomic E-state index is 12.1. The van der Waals surface area contributed by atoms with E-state index < -0.39 is 14.9 Å². The van der Waals surface area contributed by atoms with E-state index in [1.807, 2.05) is 0 Å². The van der Waals surface area contributed by atoms with E-state index in [2.05, 4.69) is 10.0 Å². The van der Waals surface area contributed by atoms with Crippen LogP contribution in [0.15, 0.2) is 52.3 Å². The van der Waals surface area contributed by atoms with Crippen LogP contribution in [-0.2, 0) is 14.8 Å². The highest BCUT2D eigenvalue weighted by atomic mass is 32.2. The van der Waals surface area contributed by atoms with Crippen molar-refractivity contribution in [2.45, 2.75) is 16.7 Å². The van der Waals surface area contributed by atoms with Crippen LogP contribution in [0, 0.1) is 17.0 Å². The molecule has 0 radical (unpaired) electrons. The smallest absolute Gasteiger partial charge is 0.269 e. The number of nitro benzene ring substituents is 1. The van der Waals surface area contributed by atoms with Crippen molar-refractivity contribution in [2.24, 2.45) is 0 Å². The van der Waals surface area contributed by atoms with Gasteiger partial charge in [-0.05, 0) is 43.8 Å². The van der Waals surface area contributed by atoms with E-state index in [1.165, 1.54) is 37.0 Å². The standard InChI is InChI=1S/C16H17N3O5S2/c1-11-3-4-12(9-15(11)26(23,24)17-2)18-16(20)10-25-14-7-5-13(6-8-14)19(21)22/h3-9,17H,10H2,1-2H3,(H,18,20). The summed E-state index contributed by atoms with van der Waals surface area (Å²) in [4.78, 5) is 23.0. The Balaban J connectivity index is 2.02. The molecule has 1 amide bonds. The van der Waals surface area contributed by atoms with E-state index >= 15 is 0 Å². The number of hydrogen-bond donors (Lipinski definition) is 2. The van der Waals surface area contributed by atoms with Crippen LogP contribution >= 0.6 is 11.8 Å². The van der Waals surface area contributed by atoms with Gasteiger partial charge in [-0.25, -0.2) is 13.1 Å². The maximum absolute atomic E-state index is 12.1. The van der Waals surface area contributed by atoms with Gasteiger partial charge in [0.2, 0.25) is 15.9 Å². The van der Waals surface area contributed by atoms with E-state index in [-0.39, 0.29) is 22.2 Å². The molecule has 0 atom stereocenters. The molecule has 0 fully saturated rings. The molecule has 0 heterocycles. The molecule has 10 heteroatoms. The number of benzene rings is 2. The summed E-state index contributed by atoms with van der Waals surface area (Å²) in [6, 6.07) is 10.5. The average Bonchev–Trinajstić information content (AvgIpc) is 2.61. The van der Waals surface area contributed by atoms with Gasteiger partial charge < -0.3 is 5.32 Å². The van der Waals surface area contributed by atoms with Crippen LogP contribution in [0.5, 0.6) is 0 Å². The van der Waals surface area contributed by atoms with Gasteiger partial charge in [-0.2, -0.15) is 0 Å². The van der Waals surface area contributed by atoms with Gasteiger partial charge in [0, 0.05) is 22.7 Å². The predicted molar refractivity (Wildman–Crippen MR) is 99.9 cm³/mol. The number of rotatable bonds is 7. The van der Waals surface area contributed by atoms with E-state index in [1.54, 1.807) is 31.2 Å². The Bertz CT molecular complexity index is 927. The molecule has 0 unspecified atom stereocenters. The quantitative estimate of drug-likeness (QED) is 0.422. The Morgan fingerprint density at radius 3 is 2.42 bits per heavy atom. The molecule has 2 rings (SSSR count). The third-order valence-corrected chi connectivity index (χ3v) is 6.02. The topological polar surface area (TPSA) is 118 Å². The number of anilines is 1. The summed E-state index contributed by atoms with van der Waals surface area (Å²) in [6.45, 7) is 1.67. The second-order valence-corrected chi connectivity index (χ2v) is 8.18. The van der Waals surface area contributed by atoms with Crippen LogP contribution < -0.4 is 10.0 Å². The number of thioether (sulfide) groups is 1. The normalized spacial score (nSPS) is 11.2. The Morgan fingerprint density at radius 1 is 1.19 bits per heavy atom. The summed E-state index contributed by atoms with van der Waals surface area (Å²) in [6.07, 6.45) is 0. The molecule has 0 spiro atoms. The number of sulfonamides is 1. The zero-order valence-electron chi connectivity index (χ0n) is 14.1. The van der Waals surface area contributed by atoms with Crippen molar-refractivity contribution in [1.29, 1.82) is 0 Å². The Morgan fingerprint density at radius 2 is 1.85 bits per heavy atom. The third-order valence-electron chi connectivity index (χ3n) is 3.45. The zero-order valence-corrected chi connectivity index (χ0v) is 15.7. The van der Waals surface area contributed by atoms with Gasteiger partial charge in [-0.3, -0.25) is 14.9 Å². The minimum absolute atomic E-state index is 0.0169. The predicted octanol–water partition coefficient (Wildman–Crippen LogP) is 2.54. The average molecular weight is 395 g/mol. The molecule has 0 saturated carbocycles. The van der Waals surface area contributed by atoms with Crippen molar-refractivity contribution in [3.05, 3.63) is 58.1 Å². The first kappa shape index (κ1) is 19.9. The van der Waals surface area contributed by atoms with Crippen molar-refractivity contribution in [3.8, 4) is 0 Å². The minimum Gasteiger partial charge on any atom is -0.325 e. The molecule has 0 aliphatic heterocycles. The first-order valence-electron chi connectivity index (χ1n) is 7.44. The number of nitro groups is 1. The summed E-state index contributed by atoms with van der Waals surface area (Å²) in [5.74, 6) is -0.232. The first-order chi connectivity index (χ1) is 12.2. The monoisotopic (exact) mass is 395 g/mol. The summed E-state index contributed by atoms with van der Waals surface area (Å²) >= 11 is 1.22. The van der Waals surface area contributed by atoms with Crippen molar-refractivity contribution in [2.75, 3.05) is 18.1 Å². The number of aryl methyl sites for hydroxylation is 1. The summed E-state index contributed by atoms with van der Waals surface area (Å²) in [5, 5.41) is 13.3. The molecule has 8 nitrogen and oxygen atoms in total. The van der Waals surface area contributed by atoms with Gasteiger partial charge in [0.1, 0.15) is 0 Å². The summed E-state index contributed by atoms with van der Waals surface area (Å²) in [7, 11) is -2.29. The lowest BCUT2D eigenvalue weighted by Crippen LogP contribution is -2.20. The lowest BCUT2D eigenvalue weighted by molar-refractivity contribution is -0.384. The van der Waals surface area contributed by atoms with Crippen molar-refractivity contribution < 1.29 is 18.1 Å². The highest BCUT2D eigenvalue weighted by molar-refractivity contribution is 8.00. The van der Waals surface area contributed by atoms with E-state index in [0.29, 0.717) is 16.1 Å². The number of amides is 1. The number of non-ortho nitro benzene ring substituents is 1. The molecule has 0 aliphatic rings. The molecule has 0 saturated heterocycles. The fourth-order valence-electron chi connectivity index (χ4n) is 2.09. The Hall–Kier alpha value is -2.43. The van der Waals surface area contributed by atoms with E-state index in [0.717, 1.165) is 0 Å². The Labute approximate surface area is 155 Å². The molecule has 0 aliphatic carbocycles. The zero-order chi connectivity index (χ0) is 19.3. The molecule has 2 aromatic rings. The largest absolute Gasteiger partial charge is 0.325 e. The van der Waals surface area contributed by atoms with E-state index in [9.17, 15) is 23.3 Å². The Kier molecular flexibility index (Phi) is 6.35. The van der Waals surface area contributed by atoms with Crippen LogP contribution in [-0.4, -0.2) is 32.0 Å². The highest BCUT2D eigenvalue weighted by Crippen LogP contribution is 2.23. The molecular weight excluding hydrogens is 378 g/mol. The van der Waals surface area contributed by atoms with Gasteiger partial charge in [0.05, 0.1) is 15.6 Å². The maximum Gasteiger partial charge on any atom is 0.269 e. The molecule has 138 valence electrons. The molecule has 2 N–H and O–H groups in total. The van der Waals surface area contributed by atoms with Gasteiger partial charge in [-0.15, -0.1) is 11.8 Å². The lowest BCUT2D eigenvalue weighted by atomic mass is 10.2. The highest BCUT2D eigenvalue weighted by Gasteiger charge is 2.16. The van der Waals surface area contributed by atoms with Gasteiger partial charge >= 0.3 is 0 Å². The molecule has 2 aromatic carbocycles. The fourth-order valence-corrected chi connectivity index (χ4v) is 3.78. The second kappa shape index (κ2) is 8.30. The molecule has 0 aromatic heterocycles. The van der Waals surface area contributed by atoms with Crippen LogP contribution in [0.3, 0.4) is 0 Å². The number of nitrogens with one attached hydrogen (secondary N) is 2. The number of carbonyl (C=O) groups is 1. The van der Waals surface area contributed by atoms with Gasteiger partial charge in [0.15, 0.2) is 0 Å². The minimum atomic E-state index is -3.62. The lowest BCUT2D eigenvalue weighted by Gasteiger charge is -2.10. The van der Waals surface area contributed by atoms with Crippen molar-refractivity contribution >= 4 is 39.1 Å². The van der Waals surface area contributed by atoms with Crippen LogP contribution in [0.25, 0.3) is 0 Å². The van der Waals surface area contributed by atoms with Crippen LogP contribution in [0.2, 0.25) is 0 Å². The number of hydrogen-bond acceptors (Lipinski definition) is 6. The fraction of sp³-hybridized carbons (Fsp3) is 0.188. The van der Waals surface area contributed by atoms with E-state index in [4.69, 9.17) is 0 Å². The molecular formula is C16H17N3O5S2. The number of carbonyl (C=O) groups excluding carboxylic acids is 1. The van der Waals surface area contributed by atoms with Gasteiger partial charge in [0.25, 0.3) is 5.69 Å². The molecule has 26 heavy (non-hydrogen) atoms. The third kappa shape index (κ3) is 5.04. The van der Waals surface area contributed by atoms with Crippen molar-refractivity contribution in [3.63, 3.8) is 0 Å².